The number of aromatic nitrogens is 5. The summed E-state index contributed by atoms with van der Waals surface area (Å²) in [5.41, 5.74) is 0.562. The van der Waals surface area contributed by atoms with Crippen LogP contribution < -0.4 is 5.32 Å². The maximum atomic E-state index is 13.5. The Morgan fingerprint density at radius 2 is 2.03 bits per heavy atom. The Morgan fingerprint density at radius 3 is 2.75 bits per heavy atom. The second-order valence-corrected chi connectivity index (χ2v) is 8.08. The van der Waals surface area contributed by atoms with Crippen LogP contribution in [0.1, 0.15) is 46.2 Å². The number of rotatable bonds is 5. The normalized spacial score (nSPS) is 14.1. The van der Waals surface area contributed by atoms with Gasteiger partial charge in [-0.2, -0.15) is 23.4 Å². The van der Waals surface area contributed by atoms with Crippen molar-refractivity contribution in [3.63, 3.8) is 0 Å². The van der Waals surface area contributed by atoms with Crippen LogP contribution in [-0.4, -0.2) is 30.3 Å². The SMILES string of the molecule is O=C(Nc1cnn(Cc2cccc(Cl)c2)c1)c1cc2nc(C3CC3)cc(C(F)(F)F)n2n1. The number of anilines is 1. The fourth-order valence-corrected chi connectivity index (χ4v) is 3.64. The molecule has 164 valence electrons. The third-order valence-electron chi connectivity index (χ3n) is 5.09. The third kappa shape index (κ3) is 4.18. The minimum atomic E-state index is -4.62. The highest BCUT2D eigenvalue weighted by Crippen LogP contribution is 2.41. The molecule has 0 bridgehead atoms. The predicted molar refractivity (Wildman–Crippen MR) is 111 cm³/mol. The molecule has 1 saturated carbocycles. The first-order valence-corrected chi connectivity index (χ1v) is 10.2. The lowest BCUT2D eigenvalue weighted by Crippen LogP contribution is -2.16. The van der Waals surface area contributed by atoms with Crippen molar-refractivity contribution in [3.05, 3.63) is 76.5 Å². The Labute approximate surface area is 184 Å². The zero-order valence-corrected chi connectivity index (χ0v) is 17.2. The first-order valence-electron chi connectivity index (χ1n) is 9.82. The lowest BCUT2D eigenvalue weighted by molar-refractivity contribution is -0.142. The molecule has 1 fully saturated rings. The number of carbonyl (C=O) groups is 1. The van der Waals surface area contributed by atoms with Crippen LogP contribution in [-0.2, 0) is 12.7 Å². The molecule has 1 aliphatic rings. The summed E-state index contributed by atoms with van der Waals surface area (Å²) in [6.07, 6.45) is 0.0519. The highest BCUT2D eigenvalue weighted by atomic mass is 35.5. The lowest BCUT2D eigenvalue weighted by Gasteiger charge is -2.10. The zero-order chi connectivity index (χ0) is 22.5. The smallest absolute Gasteiger partial charge is 0.318 e. The lowest BCUT2D eigenvalue weighted by atomic mass is 10.2. The second kappa shape index (κ2) is 7.63. The van der Waals surface area contributed by atoms with E-state index in [2.05, 4.69) is 20.5 Å². The molecule has 4 aromatic rings. The van der Waals surface area contributed by atoms with Crippen LogP contribution in [0.5, 0.6) is 0 Å². The van der Waals surface area contributed by atoms with Crippen molar-refractivity contribution in [2.45, 2.75) is 31.5 Å². The highest BCUT2D eigenvalue weighted by molar-refractivity contribution is 6.30. The molecular formula is C21H16ClF3N6O. The summed E-state index contributed by atoms with van der Waals surface area (Å²) in [5, 5.41) is 11.3. The fourth-order valence-electron chi connectivity index (χ4n) is 3.43. The molecule has 0 saturated heterocycles. The molecule has 3 aromatic heterocycles. The van der Waals surface area contributed by atoms with Gasteiger partial charge in [-0.25, -0.2) is 9.50 Å². The van der Waals surface area contributed by atoms with E-state index in [0.29, 0.717) is 27.5 Å². The van der Waals surface area contributed by atoms with E-state index in [1.54, 1.807) is 23.0 Å². The van der Waals surface area contributed by atoms with Crippen LogP contribution in [0.25, 0.3) is 5.65 Å². The molecule has 0 spiro atoms. The Morgan fingerprint density at radius 1 is 1.22 bits per heavy atom. The van der Waals surface area contributed by atoms with Crippen molar-refractivity contribution in [1.29, 1.82) is 0 Å². The van der Waals surface area contributed by atoms with Gasteiger partial charge in [0.1, 0.15) is 5.69 Å². The van der Waals surface area contributed by atoms with Gasteiger partial charge >= 0.3 is 6.18 Å². The number of benzene rings is 1. The van der Waals surface area contributed by atoms with E-state index in [0.717, 1.165) is 24.5 Å². The van der Waals surface area contributed by atoms with Crippen LogP contribution in [0.4, 0.5) is 18.9 Å². The molecule has 1 N–H and O–H groups in total. The van der Waals surface area contributed by atoms with Gasteiger partial charge in [0.15, 0.2) is 11.3 Å². The van der Waals surface area contributed by atoms with Gasteiger partial charge in [0, 0.05) is 28.9 Å². The molecule has 0 unspecified atom stereocenters. The van der Waals surface area contributed by atoms with E-state index >= 15 is 0 Å². The summed E-state index contributed by atoms with van der Waals surface area (Å²) in [6, 6.07) is 9.56. The number of nitrogens with one attached hydrogen (secondary N) is 1. The van der Waals surface area contributed by atoms with Crippen molar-refractivity contribution in [3.8, 4) is 0 Å². The number of alkyl halides is 3. The minimum Gasteiger partial charge on any atom is -0.318 e. The number of carbonyl (C=O) groups excluding carboxylic acids is 1. The van der Waals surface area contributed by atoms with Crippen molar-refractivity contribution in [2.24, 2.45) is 0 Å². The Hall–Kier alpha value is -3.40. The first-order chi connectivity index (χ1) is 15.3. The van der Waals surface area contributed by atoms with Gasteiger partial charge in [0.2, 0.25) is 0 Å². The van der Waals surface area contributed by atoms with E-state index < -0.39 is 17.8 Å². The van der Waals surface area contributed by atoms with Gasteiger partial charge < -0.3 is 5.32 Å². The average Bonchev–Trinajstić information content (AvgIpc) is 3.34. The quantitative estimate of drug-likeness (QED) is 0.465. The van der Waals surface area contributed by atoms with E-state index in [4.69, 9.17) is 11.6 Å². The van der Waals surface area contributed by atoms with Crippen LogP contribution in [0.15, 0.2) is 48.8 Å². The maximum absolute atomic E-state index is 13.5. The van der Waals surface area contributed by atoms with E-state index in [-0.39, 0.29) is 17.3 Å². The molecule has 1 aliphatic carbocycles. The number of fused-ring (bicyclic) bond motifs is 1. The Balaban J connectivity index is 1.38. The summed E-state index contributed by atoms with van der Waals surface area (Å²) in [7, 11) is 0. The summed E-state index contributed by atoms with van der Waals surface area (Å²) in [4.78, 5) is 16.9. The number of hydrogen-bond acceptors (Lipinski definition) is 4. The standard InChI is InChI=1S/C21H16ClF3N6O/c22-14-3-1-2-12(6-14)10-30-11-15(9-26-30)27-20(32)17-8-19-28-16(13-4-5-13)7-18(21(23,24)25)31(19)29-17/h1-3,6-9,11,13H,4-5,10H2,(H,27,32). The Bertz CT molecular complexity index is 1320. The summed E-state index contributed by atoms with van der Waals surface area (Å²) in [6.45, 7) is 0.438. The van der Waals surface area contributed by atoms with Crippen molar-refractivity contribution >= 4 is 28.8 Å². The molecule has 1 aromatic carbocycles. The summed E-state index contributed by atoms with van der Waals surface area (Å²) in [5.74, 6) is -0.627. The molecule has 5 rings (SSSR count). The number of halogens is 4. The summed E-state index contributed by atoms with van der Waals surface area (Å²) >= 11 is 5.98. The number of amides is 1. The minimum absolute atomic E-state index is 0.0106. The molecule has 0 aliphatic heterocycles. The third-order valence-corrected chi connectivity index (χ3v) is 5.33. The predicted octanol–water partition coefficient (Wildman–Crippen LogP) is 4.78. The molecule has 7 nitrogen and oxygen atoms in total. The number of nitrogens with zero attached hydrogens (tertiary/aromatic N) is 5. The van der Waals surface area contributed by atoms with Crippen molar-refractivity contribution in [2.75, 3.05) is 5.32 Å². The molecule has 1 amide bonds. The van der Waals surface area contributed by atoms with E-state index in [1.807, 2.05) is 12.1 Å². The largest absolute Gasteiger partial charge is 0.433 e. The number of hydrogen-bond donors (Lipinski definition) is 1. The molecule has 32 heavy (non-hydrogen) atoms. The summed E-state index contributed by atoms with van der Waals surface area (Å²) < 4.78 is 42.9. The molecule has 3 heterocycles. The fraction of sp³-hybridized carbons (Fsp3) is 0.238. The van der Waals surface area contributed by atoms with E-state index in [1.165, 1.54) is 12.3 Å². The van der Waals surface area contributed by atoms with Gasteiger partial charge in [-0.3, -0.25) is 9.48 Å². The maximum Gasteiger partial charge on any atom is 0.433 e. The first kappa shape index (κ1) is 20.5. The van der Waals surface area contributed by atoms with Crippen LogP contribution in [0.2, 0.25) is 5.02 Å². The average molecular weight is 461 g/mol. The van der Waals surface area contributed by atoms with Crippen LogP contribution >= 0.6 is 11.6 Å². The van der Waals surface area contributed by atoms with Gasteiger partial charge in [0.05, 0.1) is 18.4 Å². The molecular weight excluding hydrogens is 445 g/mol. The van der Waals surface area contributed by atoms with Gasteiger partial charge in [-0.05, 0) is 36.6 Å². The van der Waals surface area contributed by atoms with Crippen molar-refractivity contribution < 1.29 is 18.0 Å². The Kier molecular flexibility index (Phi) is 4.89. The molecule has 11 heteroatoms. The van der Waals surface area contributed by atoms with Crippen LogP contribution in [0.3, 0.4) is 0 Å². The molecule has 0 atom stereocenters. The second-order valence-electron chi connectivity index (χ2n) is 7.65. The van der Waals surface area contributed by atoms with E-state index in [9.17, 15) is 18.0 Å². The van der Waals surface area contributed by atoms with Gasteiger partial charge in [-0.1, -0.05) is 23.7 Å². The molecule has 0 radical (unpaired) electrons. The topological polar surface area (TPSA) is 77.1 Å². The van der Waals surface area contributed by atoms with Crippen molar-refractivity contribution in [1.82, 2.24) is 24.4 Å². The van der Waals surface area contributed by atoms with Gasteiger partial charge in [-0.15, -0.1) is 0 Å². The monoisotopic (exact) mass is 460 g/mol. The zero-order valence-electron chi connectivity index (χ0n) is 16.5. The van der Waals surface area contributed by atoms with Crippen LogP contribution in [0, 0.1) is 0 Å². The highest BCUT2D eigenvalue weighted by Gasteiger charge is 2.37. The van der Waals surface area contributed by atoms with Gasteiger partial charge in [0.25, 0.3) is 5.91 Å².